The van der Waals surface area contributed by atoms with Crippen LogP contribution in [0.3, 0.4) is 0 Å². The topological polar surface area (TPSA) is 58.0 Å². The smallest absolute Gasteiger partial charge is 0.142 e. The van der Waals surface area contributed by atoms with E-state index in [0.717, 1.165) is 22.8 Å². The minimum Gasteiger partial charge on any atom is -0.394 e. The molecule has 2 aromatic rings. The maximum Gasteiger partial charge on any atom is 0.142 e. The monoisotopic (exact) mass is 277 g/mol. The minimum absolute atomic E-state index is 0.126. The third-order valence-electron chi connectivity index (χ3n) is 3.26. The maximum absolute atomic E-state index is 9.36. The van der Waals surface area contributed by atoms with E-state index in [-0.39, 0.29) is 12.1 Å². The number of hydrogen-bond donors (Lipinski definition) is 2. The molecule has 4 nitrogen and oxygen atoms in total. The van der Waals surface area contributed by atoms with E-state index in [1.54, 1.807) is 17.5 Å². The molecule has 2 aromatic heterocycles. The van der Waals surface area contributed by atoms with Gasteiger partial charge in [-0.15, -0.1) is 11.3 Å². The molecule has 0 spiro atoms. The standard InChI is InChI=1S/C14H19N3OS/c1-3-14(2,10-18)16-8-11-9-19-13(17-11)12-6-4-5-7-15-12/h4-7,9,16,18H,3,8,10H2,1-2H3. The van der Waals surface area contributed by atoms with Crippen molar-refractivity contribution in [1.29, 1.82) is 0 Å². The zero-order valence-corrected chi connectivity index (χ0v) is 12.1. The second-order valence-corrected chi connectivity index (χ2v) is 5.64. The van der Waals surface area contributed by atoms with Crippen molar-refractivity contribution >= 4 is 11.3 Å². The third kappa shape index (κ3) is 3.59. The van der Waals surface area contributed by atoms with Crippen LogP contribution < -0.4 is 5.32 Å². The highest BCUT2D eigenvalue weighted by Crippen LogP contribution is 2.21. The van der Waals surface area contributed by atoms with Crippen LogP contribution in [0.4, 0.5) is 0 Å². The zero-order valence-electron chi connectivity index (χ0n) is 11.3. The predicted octanol–water partition coefficient (Wildman–Crippen LogP) is 2.46. The SMILES string of the molecule is CCC(C)(CO)NCc1csc(-c2ccccn2)n1. The molecule has 102 valence electrons. The molecule has 19 heavy (non-hydrogen) atoms. The lowest BCUT2D eigenvalue weighted by atomic mass is 10.0. The Kier molecular flexibility index (Phi) is 4.63. The Balaban J connectivity index is 2.02. The van der Waals surface area contributed by atoms with Crippen LogP contribution in [0.25, 0.3) is 10.7 Å². The largest absolute Gasteiger partial charge is 0.394 e. The molecule has 0 radical (unpaired) electrons. The number of hydrogen-bond acceptors (Lipinski definition) is 5. The molecule has 0 saturated heterocycles. The van der Waals surface area contributed by atoms with Crippen LogP contribution in [0.2, 0.25) is 0 Å². The Morgan fingerprint density at radius 3 is 2.89 bits per heavy atom. The van der Waals surface area contributed by atoms with Crippen molar-refractivity contribution in [2.24, 2.45) is 0 Å². The molecule has 0 fully saturated rings. The van der Waals surface area contributed by atoms with Crippen molar-refractivity contribution in [2.75, 3.05) is 6.61 Å². The van der Waals surface area contributed by atoms with Crippen LogP contribution in [0.1, 0.15) is 26.0 Å². The molecule has 0 amide bonds. The summed E-state index contributed by atoms with van der Waals surface area (Å²) < 4.78 is 0. The van der Waals surface area contributed by atoms with E-state index >= 15 is 0 Å². The Labute approximate surface area is 117 Å². The van der Waals surface area contributed by atoms with Crippen LogP contribution >= 0.6 is 11.3 Å². The van der Waals surface area contributed by atoms with E-state index in [0.29, 0.717) is 6.54 Å². The van der Waals surface area contributed by atoms with Gasteiger partial charge in [-0.25, -0.2) is 4.98 Å². The number of aliphatic hydroxyl groups excluding tert-OH is 1. The quantitative estimate of drug-likeness (QED) is 0.851. The molecule has 0 aliphatic carbocycles. The van der Waals surface area contributed by atoms with Gasteiger partial charge in [0.25, 0.3) is 0 Å². The summed E-state index contributed by atoms with van der Waals surface area (Å²) in [5.41, 5.74) is 1.65. The summed E-state index contributed by atoms with van der Waals surface area (Å²) in [5, 5.41) is 15.7. The van der Waals surface area contributed by atoms with Crippen molar-refractivity contribution in [3.63, 3.8) is 0 Å². The van der Waals surface area contributed by atoms with E-state index in [4.69, 9.17) is 0 Å². The highest BCUT2D eigenvalue weighted by atomic mass is 32.1. The van der Waals surface area contributed by atoms with Gasteiger partial charge in [-0.05, 0) is 25.5 Å². The van der Waals surface area contributed by atoms with Gasteiger partial charge in [-0.1, -0.05) is 13.0 Å². The van der Waals surface area contributed by atoms with Crippen LogP contribution in [0.15, 0.2) is 29.8 Å². The Hall–Kier alpha value is -1.30. The van der Waals surface area contributed by atoms with Gasteiger partial charge in [-0.3, -0.25) is 4.98 Å². The third-order valence-corrected chi connectivity index (χ3v) is 4.17. The van der Waals surface area contributed by atoms with E-state index in [1.165, 1.54) is 0 Å². The fourth-order valence-corrected chi connectivity index (χ4v) is 2.39. The molecule has 1 unspecified atom stereocenters. The average molecular weight is 277 g/mol. The molecule has 0 aromatic carbocycles. The lowest BCUT2D eigenvalue weighted by Gasteiger charge is -2.26. The second kappa shape index (κ2) is 6.23. The number of nitrogens with zero attached hydrogens (tertiary/aromatic N) is 2. The molecular weight excluding hydrogens is 258 g/mol. The van der Waals surface area contributed by atoms with E-state index < -0.39 is 0 Å². The molecule has 0 saturated carbocycles. The summed E-state index contributed by atoms with van der Waals surface area (Å²) in [6, 6.07) is 5.81. The van der Waals surface area contributed by atoms with E-state index in [1.807, 2.05) is 30.5 Å². The summed E-state index contributed by atoms with van der Waals surface area (Å²) in [5.74, 6) is 0. The van der Waals surface area contributed by atoms with Crippen molar-refractivity contribution in [1.82, 2.24) is 15.3 Å². The second-order valence-electron chi connectivity index (χ2n) is 4.78. The summed E-state index contributed by atoms with van der Waals surface area (Å²) in [6.45, 7) is 4.86. The minimum atomic E-state index is -0.241. The molecular formula is C14H19N3OS. The highest BCUT2D eigenvalue weighted by molar-refractivity contribution is 7.13. The molecule has 2 N–H and O–H groups in total. The van der Waals surface area contributed by atoms with E-state index in [9.17, 15) is 5.11 Å². The maximum atomic E-state index is 9.36. The fourth-order valence-electron chi connectivity index (χ4n) is 1.59. The van der Waals surface area contributed by atoms with Gasteiger partial charge < -0.3 is 10.4 Å². The van der Waals surface area contributed by atoms with E-state index in [2.05, 4.69) is 22.2 Å². The van der Waals surface area contributed by atoms with Crippen LogP contribution in [-0.4, -0.2) is 27.2 Å². The van der Waals surface area contributed by atoms with Gasteiger partial charge in [0.2, 0.25) is 0 Å². The molecule has 0 aliphatic heterocycles. The van der Waals surface area contributed by atoms with Crippen LogP contribution in [0, 0.1) is 0 Å². The van der Waals surface area contributed by atoms with Crippen molar-refractivity contribution in [3.05, 3.63) is 35.5 Å². The van der Waals surface area contributed by atoms with Crippen LogP contribution in [0.5, 0.6) is 0 Å². The van der Waals surface area contributed by atoms with Gasteiger partial charge in [0.1, 0.15) is 5.01 Å². The number of pyridine rings is 1. The number of nitrogens with one attached hydrogen (secondary N) is 1. The normalized spacial score (nSPS) is 14.3. The first-order valence-electron chi connectivity index (χ1n) is 6.38. The summed E-state index contributed by atoms with van der Waals surface area (Å²) in [7, 11) is 0. The fraction of sp³-hybridized carbons (Fsp3) is 0.429. The number of thiazole rings is 1. The predicted molar refractivity (Wildman–Crippen MR) is 78.0 cm³/mol. The lowest BCUT2D eigenvalue weighted by molar-refractivity contribution is 0.168. The van der Waals surface area contributed by atoms with Gasteiger partial charge in [-0.2, -0.15) is 0 Å². The molecule has 0 bridgehead atoms. The molecule has 5 heteroatoms. The summed E-state index contributed by atoms with van der Waals surface area (Å²) in [4.78, 5) is 8.86. The highest BCUT2D eigenvalue weighted by Gasteiger charge is 2.20. The molecule has 0 aliphatic rings. The lowest BCUT2D eigenvalue weighted by Crippen LogP contribution is -2.44. The Morgan fingerprint density at radius 1 is 1.42 bits per heavy atom. The first-order valence-corrected chi connectivity index (χ1v) is 7.26. The van der Waals surface area contributed by atoms with Gasteiger partial charge >= 0.3 is 0 Å². The van der Waals surface area contributed by atoms with Gasteiger partial charge in [0, 0.05) is 23.7 Å². The first kappa shape index (κ1) is 14.1. The molecule has 2 heterocycles. The number of rotatable bonds is 6. The van der Waals surface area contributed by atoms with Crippen LogP contribution in [-0.2, 0) is 6.54 Å². The Morgan fingerprint density at radius 2 is 2.26 bits per heavy atom. The van der Waals surface area contributed by atoms with Gasteiger partial charge in [0.15, 0.2) is 0 Å². The Bertz CT molecular complexity index is 508. The molecule has 1 atom stereocenters. The van der Waals surface area contributed by atoms with Gasteiger partial charge in [0.05, 0.1) is 18.0 Å². The zero-order chi connectivity index (χ0) is 13.7. The average Bonchev–Trinajstić information content (AvgIpc) is 2.95. The number of aromatic nitrogens is 2. The number of aliphatic hydroxyl groups is 1. The summed E-state index contributed by atoms with van der Waals surface area (Å²) >= 11 is 1.59. The van der Waals surface area contributed by atoms with Crippen molar-refractivity contribution in [2.45, 2.75) is 32.4 Å². The first-order chi connectivity index (χ1) is 9.17. The van der Waals surface area contributed by atoms with Crippen molar-refractivity contribution < 1.29 is 5.11 Å². The van der Waals surface area contributed by atoms with Crippen molar-refractivity contribution in [3.8, 4) is 10.7 Å². The molecule has 2 rings (SSSR count). The summed E-state index contributed by atoms with van der Waals surface area (Å²) in [6.07, 6.45) is 2.65.